The van der Waals surface area contributed by atoms with Gasteiger partial charge < -0.3 is 18.6 Å². The van der Waals surface area contributed by atoms with Crippen LogP contribution in [0.1, 0.15) is 18.9 Å². The number of fused-ring (bicyclic) bond motifs is 2. The molecular formula is C29H33FN8O2Si. The molecular weight excluding hydrogens is 539 g/mol. The minimum atomic E-state index is -1.15. The summed E-state index contributed by atoms with van der Waals surface area (Å²) < 4.78 is 29.7. The monoisotopic (exact) mass is 572 g/mol. The van der Waals surface area contributed by atoms with E-state index in [4.69, 9.17) is 9.15 Å². The number of benzene rings is 1. The Morgan fingerprint density at radius 2 is 2.12 bits per heavy atom. The average molecular weight is 573 g/mol. The van der Waals surface area contributed by atoms with Gasteiger partial charge in [-0.15, -0.1) is 0 Å². The van der Waals surface area contributed by atoms with Crippen molar-refractivity contribution < 1.29 is 13.5 Å². The number of halogens is 1. The minimum Gasteiger partial charge on any atom is -0.420 e. The normalized spacial score (nSPS) is 16.6. The van der Waals surface area contributed by atoms with Crippen molar-refractivity contribution >= 4 is 36.2 Å². The summed E-state index contributed by atoms with van der Waals surface area (Å²) in [7, 11) is -1.15. The highest BCUT2D eigenvalue weighted by Crippen LogP contribution is 2.35. The van der Waals surface area contributed by atoms with E-state index in [2.05, 4.69) is 45.8 Å². The van der Waals surface area contributed by atoms with E-state index in [1.807, 2.05) is 32.6 Å². The number of anilines is 1. The zero-order valence-corrected chi connectivity index (χ0v) is 24.5. The number of rotatable bonds is 10. The number of oxazole rings is 1. The Kier molecular flexibility index (Phi) is 7.31. The Labute approximate surface area is 238 Å². The summed E-state index contributed by atoms with van der Waals surface area (Å²) in [5, 5.41) is 15.2. The van der Waals surface area contributed by atoms with Crippen LogP contribution in [0.25, 0.3) is 33.4 Å². The highest BCUT2D eigenvalue weighted by Gasteiger charge is 2.33. The number of ether oxygens (including phenoxy) is 1. The smallest absolute Gasteiger partial charge is 0.298 e. The van der Waals surface area contributed by atoms with Gasteiger partial charge in [-0.2, -0.15) is 15.3 Å². The van der Waals surface area contributed by atoms with Crippen LogP contribution < -0.4 is 4.90 Å². The number of hydrogen-bond acceptors (Lipinski definition) is 8. The number of aromatic nitrogens is 6. The van der Waals surface area contributed by atoms with Crippen LogP contribution in [-0.4, -0.2) is 57.1 Å². The maximum Gasteiger partial charge on any atom is 0.298 e. The molecule has 0 bridgehead atoms. The van der Waals surface area contributed by atoms with Gasteiger partial charge in [-0.3, -0.25) is 4.68 Å². The zero-order chi connectivity index (χ0) is 28.6. The molecule has 5 heterocycles. The SMILES string of the molecule is C[Si](C)(C)CCOCn1ccc2c(-c3cnn(C(CC#N)C4CCN(c5nc6cccc(F)c6o5)C4)c3)ncnc21. The molecule has 1 saturated heterocycles. The topological polar surface area (TPSA) is 111 Å². The van der Waals surface area contributed by atoms with Crippen LogP contribution in [0.15, 0.2) is 53.6 Å². The fraction of sp³-hybridized carbons (Fsp3) is 0.414. The van der Waals surface area contributed by atoms with E-state index in [1.165, 1.54) is 6.07 Å². The molecule has 0 saturated carbocycles. The Balaban J connectivity index is 1.19. The van der Waals surface area contributed by atoms with Crippen molar-refractivity contribution in [2.75, 3.05) is 24.6 Å². The first-order valence-corrected chi connectivity index (χ1v) is 17.6. The molecule has 1 aliphatic heterocycles. The molecule has 2 unspecified atom stereocenters. The summed E-state index contributed by atoms with van der Waals surface area (Å²) >= 11 is 0. The van der Waals surface area contributed by atoms with Crippen LogP contribution in [0.2, 0.25) is 25.7 Å². The maximum atomic E-state index is 14.1. The third-order valence-corrected chi connectivity index (χ3v) is 9.40. The molecule has 1 aromatic carbocycles. The second-order valence-corrected chi connectivity index (χ2v) is 17.4. The molecule has 1 fully saturated rings. The van der Waals surface area contributed by atoms with Gasteiger partial charge >= 0.3 is 0 Å². The molecule has 12 heteroatoms. The molecule has 0 spiro atoms. The zero-order valence-electron chi connectivity index (χ0n) is 23.5. The van der Waals surface area contributed by atoms with E-state index >= 15 is 0 Å². The van der Waals surface area contributed by atoms with Gasteiger partial charge in [0, 0.05) is 57.0 Å². The van der Waals surface area contributed by atoms with Crippen LogP contribution in [-0.2, 0) is 11.5 Å². The predicted molar refractivity (Wildman–Crippen MR) is 156 cm³/mol. The van der Waals surface area contributed by atoms with Crippen molar-refractivity contribution in [3.05, 3.63) is 55.0 Å². The molecule has 212 valence electrons. The summed E-state index contributed by atoms with van der Waals surface area (Å²) in [5.41, 5.74) is 3.13. The van der Waals surface area contributed by atoms with Gasteiger partial charge in [-0.1, -0.05) is 25.7 Å². The lowest BCUT2D eigenvalue weighted by molar-refractivity contribution is 0.0899. The lowest BCUT2D eigenvalue weighted by Crippen LogP contribution is -2.25. The first kappa shape index (κ1) is 27.1. The summed E-state index contributed by atoms with van der Waals surface area (Å²) in [6.45, 7) is 9.53. The highest BCUT2D eigenvalue weighted by molar-refractivity contribution is 6.76. The Morgan fingerprint density at radius 1 is 1.24 bits per heavy atom. The molecule has 2 atom stereocenters. The molecule has 0 amide bonds. The lowest BCUT2D eigenvalue weighted by atomic mass is 9.96. The van der Waals surface area contributed by atoms with Crippen LogP contribution in [0.3, 0.4) is 0 Å². The van der Waals surface area contributed by atoms with Crippen LogP contribution >= 0.6 is 0 Å². The van der Waals surface area contributed by atoms with Crippen molar-refractivity contribution in [2.45, 2.75) is 51.3 Å². The van der Waals surface area contributed by atoms with Crippen molar-refractivity contribution in [2.24, 2.45) is 5.92 Å². The number of nitriles is 1. The Bertz CT molecular complexity index is 1720. The summed E-state index contributed by atoms with van der Waals surface area (Å²) in [6.07, 6.45) is 8.45. The quantitative estimate of drug-likeness (QED) is 0.151. The lowest BCUT2D eigenvalue weighted by Gasteiger charge is -2.22. The van der Waals surface area contributed by atoms with Gasteiger partial charge in [0.05, 0.1) is 30.4 Å². The van der Waals surface area contributed by atoms with Gasteiger partial charge in [-0.05, 0) is 30.7 Å². The second-order valence-electron chi connectivity index (χ2n) is 11.8. The van der Waals surface area contributed by atoms with E-state index < -0.39 is 13.9 Å². The van der Waals surface area contributed by atoms with Gasteiger partial charge in [0.15, 0.2) is 11.4 Å². The fourth-order valence-electron chi connectivity index (χ4n) is 5.40. The Hall–Kier alpha value is -4.08. The molecule has 10 nitrogen and oxygen atoms in total. The van der Waals surface area contributed by atoms with Crippen molar-refractivity contribution in [1.82, 2.24) is 29.3 Å². The minimum absolute atomic E-state index is 0.137. The molecule has 0 N–H and O–H groups in total. The van der Waals surface area contributed by atoms with Crippen molar-refractivity contribution in [3.63, 3.8) is 0 Å². The molecule has 41 heavy (non-hydrogen) atoms. The summed E-state index contributed by atoms with van der Waals surface area (Å²) in [4.78, 5) is 15.6. The van der Waals surface area contributed by atoms with E-state index in [1.54, 1.807) is 24.7 Å². The van der Waals surface area contributed by atoms with Gasteiger partial charge in [0.1, 0.15) is 24.2 Å². The first-order valence-electron chi connectivity index (χ1n) is 13.9. The number of nitrogens with zero attached hydrogens (tertiary/aromatic N) is 8. The molecule has 6 rings (SSSR count). The van der Waals surface area contributed by atoms with E-state index in [9.17, 15) is 9.65 Å². The standard InChI is InChI=1S/C29H33FN8O2Si/c1-41(2,3)14-13-39-19-37-12-9-22-26(32-18-33-28(22)37)21-15-34-38(17-21)25(7-10-31)20-8-11-36(16-20)29-35-24-6-4-5-23(30)27(24)40-29/h4-6,9,12,15,17-18,20,25H,7-8,11,13-14,16,19H2,1-3H3. The van der Waals surface area contributed by atoms with Gasteiger partial charge in [0.2, 0.25) is 0 Å². The molecule has 4 aromatic heterocycles. The molecule has 5 aromatic rings. The average Bonchev–Trinajstić information content (AvgIpc) is 3.75. The van der Waals surface area contributed by atoms with Crippen LogP contribution in [0.5, 0.6) is 0 Å². The maximum absolute atomic E-state index is 14.1. The first-order chi connectivity index (χ1) is 19.8. The third-order valence-electron chi connectivity index (χ3n) is 7.69. The predicted octanol–water partition coefficient (Wildman–Crippen LogP) is 5.87. The fourth-order valence-corrected chi connectivity index (χ4v) is 6.16. The number of para-hydroxylation sites is 1. The van der Waals surface area contributed by atoms with Crippen molar-refractivity contribution in [1.29, 1.82) is 5.26 Å². The molecule has 1 aliphatic rings. The van der Waals surface area contributed by atoms with E-state index in [0.29, 0.717) is 37.8 Å². The van der Waals surface area contributed by atoms with E-state index in [-0.39, 0.29) is 17.5 Å². The molecule has 0 radical (unpaired) electrons. The van der Waals surface area contributed by atoms with Crippen molar-refractivity contribution in [3.8, 4) is 17.3 Å². The summed E-state index contributed by atoms with van der Waals surface area (Å²) in [5.74, 6) is -0.283. The van der Waals surface area contributed by atoms with Crippen LogP contribution in [0, 0.1) is 23.1 Å². The third kappa shape index (κ3) is 5.60. The highest BCUT2D eigenvalue weighted by atomic mass is 28.3. The van der Waals surface area contributed by atoms with Gasteiger partial charge in [-0.25, -0.2) is 14.4 Å². The van der Waals surface area contributed by atoms with E-state index in [0.717, 1.165) is 41.4 Å². The number of hydrogen-bond donors (Lipinski definition) is 0. The second kappa shape index (κ2) is 11.1. The summed E-state index contributed by atoms with van der Waals surface area (Å²) in [6, 6.07) is 10.5. The molecule has 0 aliphatic carbocycles. The largest absolute Gasteiger partial charge is 0.420 e. The van der Waals surface area contributed by atoms with Crippen LogP contribution in [0.4, 0.5) is 10.4 Å². The van der Waals surface area contributed by atoms with Gasteiger partial charge in [0.25, 0.3) is 6.01 Å². The Morgan fingerprint density at radius 3 is 2.93 bits per heavy atom.